The van der Waals surface area contributed by atoms with Crippen LogP contribution >= 0.6 is 0 Å². The lowest BCUT2D eigenvalue weighted by molar-refractivity contribution is -0.149. The second-order valence-corrected chi connectivity index (χ2v) is 8.29. The van der Waals surface area contributed by atoms with Gasteiger partial charge in [0.05, 0.1) is 17.3 Å². The van der Waals surface area contributed by atoms with E-state index in [1.165, 1.54) is 30.0 Å². The molecule has 1 fully saturated rings. The molecule has 0 saturated heterocycles. The summed E-state index contributed by atoms with van der Waals surface area (Å²) in [5, 5.41) is 6.91. The van der Waals surface area contributed by atoms with Crippen LogP contribution < -0.4 is 5.32 Å². The number of nitrogens with zero attached hydrogens (tertiary/aromatic N) is 4. The van der Waals surface area contributed by atoms with Gasteiger partial charge >= 0.3 is 6.18 Å². The summed E-state index contributed by atoms with van der Waals surface area (Å²) in [6, 6.07) is 1.59. The van der Waals surface area contributed by atoms with Crippen molar-refractivity contribution in [2.75, 3.05) is 0 Å². The number of hydrogen-bond donors (Lipinski definition) is 2. The fraction of sp³-hybridized carbons (Fsp3) is 0.364. The molecule has 1 amide bonds. The number of rotatable bonds is 5. The van der Waals surface area contributed by atoms with Crippen molar-refractivity contribution >= 4 is 22.5 Å². The molecule has 1 saturated carbocycles. The molecule has 32 heavy (non-hydrogen) atoms. The lowest BCUT2D eigenvalue weighted by Gasteiger charge is -2.24. The van der Waals surface area contributed by atoms with Crippen molar-refractivity contribution in [3.8, 4) is 11.1 Å². The number of H-pyrrole nitrogens is 1. The molecular formula is C22H21F3N6O. The van der Waals surface area contributed by atoms with E-state index < -0.39 is 18.1 Å². The monoisotopic (exact) mass is 442 g/mol. The van der Waals surface area contributed by atoms with Crippen LogP contribution in [0.5, 0.6) is 0 Å². The van der Waals surface area contributed by atoms with Gasteiger partial charge in [0.25, 0.3) is 5.91 Å². The van der Waals surface area contributed by atoms with E-state index in [1.807, 2.05) is 17.6 Å². The van der Waals surface area contributed by atoms with E-state index in [9.17, 15) is 18.0 Å². The Balaban J connectivity index is 1.46. The maximum atomic E-state index is 12.8. The molecule has 5 rings (SSSR count). The molecule has 166 valence electrons. The van der Waals surface area contributed by atoms with Crippen molar-refractivity contribution in [3.05, 3.63) is 48.3 Å². The van der Waals surface area contributed by atoms with Crippen LogP contribution in [-0.2, 0) is 6.42 Å². The average molecular weight is 442 g/mol. The Bertz CT molecular complexity index is 1300. The Morgan fingerprint density at radius 2 is 2.16 bits per heavy atom. The van der Waals surface area contributed by atoms with Crippen LogP contribution in [0, 0.1) is 5.92 Å². The summed E-state index contributed by atoms with van der Waals surface area (Å²) >= 11 is 0. The first-order valence-corrected chi connectivity index (χ1v) is 10.5. The Morgan fingerprint density at radius 1 is 1.34 bits per heavy atom. The van der Waals surface area contributed by atoms with Gasteiger partial charge in [-0.25, -0.2) is 14.5 Å². The minimum Gasteiger partial charge on any atom is -0.345 e. The number of fused-ring (bicyclic) bond motifs is 2. The second-order valence-electron chi connectivity index (χ2n) is 8.29. The van der Waals surface area contributed by atoms with Crippen LogP contribution in [0.2, 0.25) is 0 Å². The number of amides is 1. The first kappa shape index (κ1) is 20.5. The number of pyridine rings is 1. The number of halogens is 3. The van der Waals surface area contributed by atoms with Gasteiger partial charge in [0, 0.05) is 36.0 Å². The highest BCUT2D eigenvalue weighted by atomic mass is 19.4. The van der Waals surface area contributed by atoms with Crippen molar-refractivity contribution < 1.29 is 18.0 Å². The van der Waals surface area contributed by atoms with E-state index in [1.54, 1.807) is 18.5 Å². The van der Waals surface area contributed by atoms with Gasteiger partial charge < -0.3 is 10.3 Å². The SMILES string of the molecule is CC(NC(=O)c1cnn2ccc(-c3c[nH]c4nc(CC5CCC5)ncc34)cc12)C(F)(F)F. The largest absolute Gasteiger partial charge is 0.408 e. The van der Waals surface area contributed by atoms with Crippen molar-refractivity contribution in [2.24, 2.45) is 5.92 Å². The molecule has 4 aromatic rings. The fourth-order valence-corrected chi connectivity index (χ4v) is 3.92. The lowest BCUT2D eigenvalue weighted by atomic mass is 9.83. The van der Waals surface area contributed by atoms with Gasteiger partial charge in [-0.2, -0.15) is 18.3 Å². The minimum absolute atomic E-state index is 0.0711. The van der Waals surface area contributed by atoms with E-state index in [0.29, 0.717) is 11.4 Å². The van der Waals surface area contributed by atoms with Crippen LogP contribution in [0.15, 0.2) is 36.9 Å². The van der Waals surface area contributed by atoms with Crippen molar-refractivity contribution in [1.29, 1.82) is 0 Å². The number of hydrogen-bond acceptors (Lipinski definition) is 4. The quantitative estimate of drug-likeness (QED) is 0.483. The van der Waals surface area contributed by atoms with Gasteiger partial charge in [0.1, 0.15) is 17.5 Å². The predicted octanol–water partition coefficient (Wildman–Crippen LogP) is 4.30. The number of alkyl halides is 3. The zero-order chi connectivity index (χ0) is 22.5. The first-order valence-electron chi connectivity index (χ1n) is 10.5. The molecule has 1 aliphatic carbocycles. The zero-order valence-corrected chi connectivity index (χ0v) is 17.3. The molecule has 2 N–H and O–H groups in total. The molecule has 0 aliphatic heterocycles. The third kappa shape index (κ3) is 3.69. The third-order valence-corrected chi connectivity index (χ3v) is 6.09. The summed E-state index contributed by atoms with van der Waals surface area (Å²) in [4.78, 5) is 24.8. The Hall–Kier alpha value is -3.43. The number of aromatic nitrogens is 5. The highest BCUT2D eigenvalue weighted by molar-refractivity contribution is 6.02. The molecule has 1 unspecified atom stereocenters. The molecule has 0 aromatic carbocycles. The van der Waals surface area contributed by atoms with E-state index in [2.05, 4.69) is 20.1 Å². The Morgan fingerprint density at radius 3 is 2.88 bits per heavy atom. The van der Waals surface area contributed by atoms with Crippen LogP contribution in [-0.4, -0.2) is 42.7 Å². The van der Waals surface area contributed by atoms with Gasteiger partial charge in [-0.1, -0.05) is 19.3 Å². The number of aromatic amines is 1. The lowest BCUT2D eigenvalue weighted by Crippen LogP contribution is -2.43. The van der Waals surface area contributed by atoms with Crippen molar-refractivity contribution in [1.82, 2.24) is 29.9 Å². The number of carbonyl (C=O) groups excluding carboxylic acids is 1. The molecule has 1 atom stereocenters. The fourth-order valence-electron chi connectivity index (χ4n) is 3.92. The van der Waals surface area contributed by atoms with E-state index in [0.717, 1.165) is 41.3 Å². The standard InChI is InChI=1S/C22H21F3N6O/c1-12(22(23,24)25)29-21(32)17-11-28-31-6-5-14(8-18(17)31)15-9-27-20-16(15)10-26-19(30-20)7-13-3-2-4-13/h5-6,8-13H,2-4,7H2,1H3,(H,29,32)(H,26,27,30). The van der Waals surface area contributed by atoms with E-state index >= 15 is 0 Å². The maximum Gasteiger partial charge on any atom is 0.408 e. The van der Waals surface area contributed by atoms with Crippen LogP contribution in [0.25, 0.3) is 27.7 Å². The molecule has 4 heterocycles. The summed E-state index contributed by atoms with van der Waals surface area (Å²) in [5.74, 6) is 0.653. The number of carbonyl (C=O) groups is 1. The van der Waals surface area contributed by atoms with Crippen LogP contribution in [0.1, 0.15) is 42.4 Å². The Kier molecular flexibility index (Phi) is 4.87. The summed E-state index contributed by atoms with van der Waals surface area (Å²) in [6.07, 6.45) is 6.61. The molecule has 0 bridgehead atoms. The molecule has 1 aliphatic rings. The van der Waals surface area contributed by atoms with Gasteiger partial charge in [-0.05, 0) is 30.5 Å². The molecule has 4 aromatic heterocycles. The van der Waals surface area contributed by atoms with Crippen LogP contribution in [0.4, 0.5) is 13.2 Å². The topological polar surface area (TPSA) is 88.0 Å². The second kappa shape index (κ2) is 7.61. The molecular weight excluding hydrogens is 421 g/mol. The first-order chi connectivity index (χ1) is 15.3. The van der Waals surface area contributed by atoms with Crippen molar-refractivity contribution in [2.45, 2.75) is 44.8 Å². The smallest absolute Gasteiger partial charge is 0.345 e. The summed E-state index contributed by atoms with van der Waals surface area (Å²) in [5.41, 5.74) is 2.83. The molecule has 0 spiro atoms. The third-order valence-electron chi connectivity index (χ3n) is 6.09. The normalized spacial score (nSPS) is 15.8. The highest BCUT2D eigenvalue weighted by Crippen LogP contribution is 2.31. The maximum absolute atomic E-state index is 12.8. The summed E-state index contributed by atoms with van der Waals surface area (Å²) < 4.78 is 40.0. The molecule has 0 radical (unpaired) electrons. The number of nitrogens with one attached hydrogen (secondary N) is 2. The average Bonchev–Trinajstić information content (AvgIpc) is 3.33. The van der Waals surface area contributed by atoms with Gasteiger partial charge in [-0.3, -0.25) is 4.79 Å². The zero-order valence-electron chi connectivity index (χ0n) is 17.3. The predicted molar refractivity (Wildman–Crippen MR) is 112 cm³/mol. The molecule has 7 nitrogen and oxygen atoms in total. The van der Waals surface area contributed by atoms with Gasteiger partial charge in [0.2, 0.25) is 0 Å². The van der Waals surface area contributed by atoms with E-state index in [4.69, 9.17) is 0 Å². The molecule has 10 heteroatoms. The van der Waals surface area contributed by atoms with Gasteiger partial charge in [-0.15, -0.1) is 0 Å². The highest BCUT2D eigenvalue weighted by Gasteiger charge is 2.37. The van der Waals surface area contributed by atoms with Crippen LogP contribution in [0.3, 0.4) is 0 Å². The van der Waals surface area contributed by atoms with E-state index in [-0.39, 0.29) is 5.56 Å². The Labute approximate surface area is 181 Å². The summed E-state index contributed by atoms with van der Waals surface area (Å²) in [6.45, 7) is 0.903. The van der Waals surface area contributed by atoms with Gasteiger partial charge in [0.15, 0.2) is 0 Å². The van der Waals surface area contributed by atoms with Crippen molar-refractivity contribution in [3.63, 3.8) is 0 Å². The summed E-state index contributed by atoms with van der Waals surface area (Å²) in [7, 11) is 0. The minimum atomic E-state index is -4.52.